The number of carboxylic acid groups (broad SMARTS) is 1. The molecule has 1 rings (SSSR count). The number of rotatable bonds is 2. The molecule has 0 aromatic heterocycles. The molecule has 0 bridgehead atoms. The minimum absolute atomic E-state index is 0.149. The molecule has 0 heterocycles. The summed E-state index contributed by atoms with van der Waals surface area (Å²) >= 11 is 5.67. The average molecular weight is 201 g/mol. The lowest BCUT2D eigenvalue weighted by Crippen LogP contribution is -1.98. The SMILES string of the molecule is CCc1cc(Cl)cc(C(=O)O)c1O. The van der Waals surface area contributed by atoms with Crippen LogP contribution in [0.5, 0.6) is 5.75 Å². The number of phenols is 1. The zero-order valence-corrected chi connectivity index (χ0v) is 7.80. The number of carboxylic acids is 1. The third kappa shape index (κ3) is 1.92. The van der Waals surface area contributed by atoms with Gasteiger partial charge in [0.2, 0.25) is 0 Å². The third-order valence-electron chi connectivity index (χ3n) is 1.76. The number of aryl methyl sites for hydroxylation is 1. The van der Waals surface area contributed by atoms with Crippen molar-refractivity contribution in [3.63, 3.8) is 0 Å². The topological polar surface area (TPSA) is 57.5 Å². The second-order valence-electron chi connectivity index (χ2n) is 2.62. The van der Waals surface area contributed by atoms with E-state index in [0.717, 1.165) is 0 Å². The van der Waals surface area contributed by atoms with Gasteiger partial charge in [-0.25, -0.2) is 4.79 Å². The molecule has 0 fully saturated rings. The summed E-state index contributed by atoms with van der Waals surface area (Å²) in [5, 5.41) is 18.5. The van der Waals surface area contributed by atoms with Crippen LogP contribution in [0.1, 0.15) is 22.8 Å². The van der Waals surface area contributed by atoms with Gasteiger partial charge in [-0.3, -0.25) is 0 Å². The molecule has 0 spiro atoms. The second kappa shape index (κ2) is 3.66. The van der Waals surface area contributed by atoms with Gasteiger partial charge in [-0.2, -0.15) is 0 Å². The number of carbonyl (C=O) groups is 1. The number of hydrogen-bond donors (Lipinski definition) is 2. The predicted molar refractivity (Wildman–Crippen MR) is 49.5 cm³/mol. The number of benzene rings is 1. The Morgan fingerprint density at radius 1 is 1.54 bits per heavy atom. The standard InChI is InChI=1S/C9H9ClO3/c1-2-5-3-6(10)4-7(8(5)11)9(12)13/h3-4,11H,2H2,1H3,(H,12,13). The van der Waals surface area contributed by atoms with E-state index in [1.807, 2.05) is 6.92 Å². The van der Waals surface area contributed by atoms with Crippen LogP contribution in [0.3, 0.4) is 0 Å². The van der Waals surface area contributed by atoms with Gasteiger partial charge in [0.1, 0.15) is 11.3 Å². The van der Waals surface area contributed by atoms with E-state index in [1.165, 1.54) is 6.07 Å². The Morgan fingerprint density at radius 2 is 2.15 bits per heavy atom. The molecule has 0 amide bonds. The van der Waals surface area contributed by atoms with Crippen LogP contribution < -0.4 is 0 Å². The smallest absolute Gasteiger partial charge is 0.339 e. The molecule has 2 N–H and O–H groups in total. The highest BCUT2D eigenvalue weighted by atomic mass is 35.5. The number of hydrogen-bond acceptors (Lipinski definition) is 2. The molecule has 0 saturated heterocycles. The Morgan fingerprint density at radius 3 is 2.62 bits per heavy atom. The summed E-state index contributed by atoms with van der Waals surface area (Å²) < 4.78 is 0. The highest BCUT2D eigenvalue weighted by Gasteiger charge is 2.13. The van der Waals surface area contributed by atoms with Gasteiger partial charge < -0.3 is 10.2 Å². The molecule has 4 heteroatoms. The lowest BCUT2D eigenvalue weighted by atomic mass is 10.1. The van der Waals surface area contributed by atoms with Crippen LogP contribution in [0.25, 0.3) is 0 Å². The maximum atomic E-state index is 10.6. The van der Waals surface area contributed by atoms with Gasteiger partial charge in [0.05, 0.1) is 0 Å². The quantitative estimate of drug-likeness (QED) is 0.770. The van der Waals surface area contributed by atoms with Crippen molar-refractivity contribution in [1.29, 1.82) is 0 Å². The van der Waals surface area contributed by atoms with E-state index in [-0.39, 0.29) is 11.3 Å². The number of aromatic hydroxyl groups is 1. The molecule has 1 aromatic carbocycles. The van der Waals surface area contributed by atoms with Crippen LogP contribution in [0, 0.1) is 0 Å². The molecule has 13 heavy (non-hydrogen) atoms. The van der Waals surface area contributed by atoms with Crippen LogP contribution in [0.2, 0.25) is 5.02 Å². The predicted octanol–water partition coefficient (Wildman–Crippen LogP) is 2.31. The molecule has 0 radical (unpaired) electrons. The van der Waals surface area contributed by atoms with Crippen molar-refractivity contribution in [3.8, 4) is 5.75 Å². The van der Waals surface area contributed by atoms with Crippen molar-refractivity contribution >= 4 is 17.6 Å². The average Bonchev–Trinajstić information content (AvgIpc) is 2.08. The minimum atomic E-state index is -1.17. The molecular weight excluding hydrogens is 192 g/mol. The van der Waals surface area contributed by atoms with Gasteiger partial charge in [-0.1, -0.05) is 18.5 Å². The highest BCUT2D eigenvalue weighted by molar-refractivity contribution is 6.31. The summed E-state index contributed by atoms with van der Waals surface area (Å²) in [6.07, 6.45) is 0.548. The molecule has 0 atom stereocenters. The highest BCUT2D eigenvalue weighted by Crippen LogP contribution is 2.27. The number of halogens is 1. The van der Waals surface area contributed by atoms with Crippen molar-refractivity contribution < 1.29 is 15.0 Å². The van der Waals surface area contributed by atoms with Gasteiger partial charge in [0.15, 0.2) is 0 Å². The molecule has 70 valence electrons. The van der Waals surface area contributed by atoms with Gasteiger partial charge in [0, 0.05) is 5.02 Å². The normalized spacial score (nSPS) is 10.0. The summed E-state index contributed by atoms with van der Waals surface area (Å²) in [6.45, 7) is 1.82. The molecule has 3 nitrogen and oxygen atoms in total. The first-order valence-corrected chi connectivity index (χ1v) is 4.18. The van der Waals surface area contributed by atoms with E-state index >= 15 is 0 Å². The van der Waals surface area contributed by atoms with E-state index in [9.17, 15) is 9.90 Å². The molecule has 1 aromatic rings. The van der Waals surface area contributed by atoms with E-state index in [0.29, 0.717) is 17.0 Å². The first-order chi connectivity index (χ1) is 6.06. The van der Waals surface area contributed by atoms with Crippen LogP contribution in [-0.4, -0.2) is 16.2 Å². The van der Waals surface area contributed by atoms with Crippen molar-refractivity contribution in [2.45, 2.75) is 13.3 Å². The van der Waals surface area contributed by atoms with E-state index < -0.39 is 5.97 Å². The Bertz CT molecular complexity index is 347. The van der Waals surface area contributed by atoms with Gasteiger partial charge >= 0.3 is 5.97 Å². The molecule has 0 unspecified atom stereocenters. The summed E-state index contributed by atoms with van der Waals surface area (Å²) in [6, 6.07) is 2.79. The van der Waals surface area contributed by atoms with E-state index in [1.54, 1.807) is 6.07 Å². The molecule has 0 aliphatic carbocycles. The number of aromatic carboxylic acids is 1. The van der Waals surface area contributed by atoms with Crippen LogP contribution in [0.4, 0.5) is 0 Å². The summed E-state index contributed by atoms with van der Waals surface area (Å²) in [5.74, 6) is -1.37. The summed E-state index contributed by atoms with van der Waals surface area (Å²) in [5.41, 5.74) is 0.397. The molecule has 0 aliphatic heterocycles. The Labute approximate surface area is 80.6 Å². The van der Waals surface area contributed by atoms with Crippen molar-refractivity contribution in [2.75, 3.05) is 0 Å². The van der Waals surface area contributed by atoms with E-state index in [4.69, 9.17) is 16.7 Å². The Balaban J connectivity index is 3.35. The fourth-order valence-corrected chi connectivity index (χ4v) is 1.33. The van der Waals surface area contributed by atoms with Gasteiger partial charge in [0.25, 0.3) is 0 Å². The molecular formula is C9H9ClO3. The Kier molecular flexibility index (Phi) is 2.78. The largest absolute Gasteiger partial charge is 0.507 e. The fourth-order valence-electron chi connectivity index (χ4n) is 1.09. The maximum Gasteiger partial charge on any atom is 0.339 e. The van der Waals surface area contributed by atoms with Gasteiger partial charge in [-0.05, 0) is 24.1 Å². The summed E-state index contributed by atoms with van der Waals surface area (Å²) in [7, 11) is 0. The minimum Gasteiger partial charge on any atom is -0.507 e. The zero-order valence-electron chi connectivity index (χ0n) is 7.04. The van der Waals surface area contributed by atoms with Crippen LogP contribution >= 0.6 is 11.6 Å². The van der Waals surface area contributed by atoms with Crippen LogP contribution in [0.15, 0.2) is 12.1 Å². The van der Waals surface area contributed by atoms with E-state index in [2.05, 4.69) is 0 Å². The first kappa shape index (κ1) is 9.86. The Hall–Kier alpha value is -1.22. The molecule has 0 aliphatic rings. The fraction of sp³-hybridized carbons (Fsp3) is 0.222. The van der Waals surface area contributed by atoms with Crippen molar-refractivity contribution in [3.05, 3.63) is 28.3 Å². The summed E-state index contributed by atoms with van der Waals surface area (Å²) in [4.78, 5) is 10.6. The maximum absolute atomic E-state index is 10.6. The lowest BCUT2D eigenvalue weighted by molar-refractivity contribution is 0.0693. The van der Waals surface area contributed by atoms with Crippen LogP contribution in [-0.2, 0) is 6.42 Å². The van der Waals surface area contributed by atoms with Crippen molar-refractivity contribution in [1.82, 2.24) is 0 Å². The third-order valence-corrected chi connectivity index (χ3v) is 1.98. The second-order valence-corrected chi connectivity index (χ2v) is 3.06. The molecule has 0 saturated carbocycles. The first-order valence-electron chi connectivity index (χ1n) is 3.81. The van der Waals surface area contributed by atoms with Gasteiger partial charge in [-0.15, -0.1) is 0 Å². The monoisotopic (exact) mass is 200 g/mol. The lowest BCUT2D eigenvalue weighted by Gasteiger charge is -2.05. The zero-order chi connectivity index (χ0) is 10.0. The van der Waals surface area contributed by atoms with Crippen molar-refractivity contribution in [2.24, 2.45) is 0 Å².